The van der Waals surface area contributed by atoms with Crippen LogP contribution >= 0.6 is 38.6 Å². The van der Waals surface area contributed by atoms with E-state index in [1.165, 1.54) is 19.1 Å². The summed E-state index contributed by atoms with van der Waals surface area (Å²) in [5, 5.41) is 5.11. The molecule has 3 rings (SSSR count). The van der Waals surface area contributed by atoms with Gasteiger partial charge in [-0.2, -0.15) is 0 Å². The molecule has 0 radical (unpaired) electrons. The van der Waals surface area contributed by atoms with Crippen LogP contribution < -0.4 is 5.32 Å². The number of carbonyl (C=O) groups is 1. The molecule has 0 bridgehead atoms. The van der Waals surface area contributed by atoms with Crippen LogP contribution in [-0.2, 0) is 17.9 Å². The van der Waals surface area contributed by atoms with E-state index in [9.17, 15) is 4.79 Å². The van der Waals surface area contributed by atoms with Gasteiger partial charge in [0, 0.05) is 42.5 Å². The molecule has 24 heavy (non-hydrogen) atoms. The summed E-state index contributed by atoms with van der Waals surface area (Å²) in [6, 6.07) is 6.38. The van der Waals surface area contributed by atoms with E-state index in [1.807, 2.05) is 0 Å². The predicted molar refractivity (Wildman–Crippen MR) is 105 cm³/mol. The summed E-state index contributed by atoms with van der Waals surface area (Å²) in [6.07, 6.45) is 0. The number of rotatable bonds is 6. The minimum absolute atomic E-state index is 0.124. The largest absolute Gasteiger partial charge is 0.350 e. The van der Waals surface area contributed by atoms with Crippen LogP contribution in [0, 0.1) is 6.92 Å². The van der Waals surface area contributed by atoms with E-state index in [0.717, 1.165) is 32.7 Å². The molecule has 4 nitrogen and oxygen atoms in total. The Morgan fingerprint density at radius 3 is 2.58 bits per heavy atom. The maximum Gasteiger partial charge on any atom is 0.234 e. The Hall–Kier alpha value is -0.730. The Morgan fingerprint density at radius 2 is 1.96 bits per heavy atom. The van der Waals surface area contributed by atoms with Crippen molar-refractivity contribution in [3.05, 3.63) is 42.7 Å². The predicted octanol–water partition coefficient (Wildman–Crippen LogP) is 3.31. The van der Waals surface area contributed by atoms with Gasteiger partial charge in [0.15, 0.2) is 0 Å². The summed E-state index contributed by atoms with van der Waals surface area (Å²) < 4.78 is 1.19. The molecule has 7 heteroatoms. The van der Waals surface area contributed by atoms with Gasteiger partial charge in [0.1, 0.15) is 0 Å². The van der Waals surface area contributed by atoms with Crippen molar-refractivity contribution in [2.45, 2.75) is 20.0 Å². The first-order chi connectivity index (χ1) is 11.6. The second-order valence-corrected chi connectivity index (χ2v) is 9.61. The lowest BCUT2D eigenvalue weighted by molar-refractivity contribution is -0.122. The van der Waals surface area contributed by atoms with Gasteiger partial charge in [-0.05, 0) is 52.0 Å². The van der Waals surface area contributed by atoms with Gasteiger partial charge in [0.05, 0.1) is 16.9 Å². The Kier molecular flexibility index (Phi) is 6.46. The number of thiophene rings is 2. The number of piperazine rings is 1. The molecule has 2 aromatic rings. The highest BCUT2D eigenvalue weighted by Crippen LogP contribution is 2.23. The number of nitrogens with zero attached hydrogens (tertiary/aromatic N) is 2. The van der Waals surface area contributed by atoms with Crippen LogP contribution in [0.15, 0.2) is 27.4 Å². The highest BCUT2D eigenvalue weighted by Gasteiger charge is 2.19. The minimum Gasteiger partial charge on any atom is -0.350 e. The zero-order valence-electron chi connectivity index (χ0n) is 13.8. The van der Waals surface area contributed by atoms with E-state index >= 15 is 0 Å². The molecule has 0 atom stereocenters. The summed E-state index contributed by atoms with van der Waals surface area (Å²) in [6.45, 7) is 8.20. The van der Waals surface area contributed by atoms with Gasteiger partial charge in [0.25, 0.3) is 0 Å². The first kappa shape index (κ1) is 18.1. The van der Waals surface area contributed by atoms with Gasteiger partial charge in [-0.25, -0.2) is 0 Å². The van der Waals surface area contributed by atoms with E-state index in [4.69, 9.17) is 0 Å². The number of halogens is 1. The molecule has 1 amide bonds. The van der Waals surface area contributed by atoms with Gasteiger partial charge in [-0.1, -0.05) is 0 Å². The molecule has 1 aliphatic heterocycles. The standard InChI is InChI=1S/C17H22BrN3OS2/c1-13-4-9-23-15(13)10-19-17(22)12-21-7-5-20(6-8-21)11-14-2-3-16(18)24-14/h2-4,9H,5-8,10-12H2,1H3,(H,19,22). The first-order valence-electron chi connectivity index (χ1n) is 8.09. The van der Waals surface area contributed by atoms with Gasteiger partial charge in [-0.3, -0.25) is 14.6 Å². The molecule has 1 fully saturated rings. The third-order valence-electron chi connectivity index (χ3n) is 4.25. The van der Waals surface area contributed by atoms with Crippen molar-refractivity contribution in [3.63, 3.8) is 0 Å². The molecule has 1 N–H and O–H groups in total. The zero-order chi connectivity index (χ0) is 16.9. The van der Waals surface area contributed by atoms with Crippen LogP contribution in [0.3, 0.4) is 0 Å². The van der Waals surface area contributed by atoms with Gasteiger partial charge >= 0.3 is 0 Å². The molecule has 0 aromatic carbocycles. The van der Waals surface area contributed by atoms with Crippen LogP contribution in [-0.4, -0.2) is 48.4 Å². The fourth-order valence-electron chi connectivity index (χ4n) is 2.79. The number of carbonyl (C=O) groups excluding carboxylic acids is 1. The summed E-state index contributed by atoms with van der Waals surface area (Å²) >= 11 is 7.02. The molecule has 1 aliphatic rings. The number of aryl methyl sites for hydroxylation is 1. The lowest BCUT2D eigenvalue weighted by Crippen LogP contribution is -2.48. The van der Waals surface area contributed by atoms with Crippen molar-refractivity contribution >= 4 is 44.5 Å². The molecule has 0 spiro atoms. The summed E-state index contributed by atoms with van der Waals surface area (Å²) in [5.74, 6) is 0.124. The Bertz CT molecular complexity index is 677. The van der Waals surface area contributed by atoms with E-state index in [2.05, 4.69) is 61.5 Å². The fraction of sp³-hybridized carbons (Fsp3) is 0.471. The van der Waals surface area contributed by atoms with E-state index in [0.29, 0.717) is 13.1 Å². The van der Waals surface area contributed by atoms with Crippen LogP contribution in [0.5, 0.6) is 0 Å². The number of nitrogens with one attached hydrogen (secondary N) is 1. The fourth-order valence-corrected chi connectivity index (χ4v) is 5.16. The SMILES string of the molecule is Cc1ccsc1CNC(=O)CN1CCN(Cc2ccc(Br)s2)CC1. The zero-order valence-corrected chi connectivity index (χ0v) is 17.0. The Labute approximate surface area is 159 Å². The number of amides is 1. The number of hydrogen-bond acceptors (Lipinski definition) is 5. The van der Waals surface area contributed by atoms with Gasteiger partial charge in [0.2, 0.25) is 5.91 Å². The number of hydrogen-bond donors (Lipinski definition) is 1. The normalized spacial score (nSPS) is 16.4. The van der Waals surface area contributed by atoms with Crippen molar-refractivity contribution in [1.29, 1.82) is 0 Å². The van der Waals surface area contributed by atoms with E-state index in [-0.39, 0.29) is 5.91 Å². The van der Waals surface area contributed by atoms with E-state index in [1.54, 1.807) is 22.7 Å². The average Bonchev–Trinajstić information content (AvgIpc) is 3.15. The topological polar surface area (TPSA) is 35.6 Å². The maximum absolute atomic E-state index is 12.1. The lowest BCUT2D eigenvalue weighted by Gasteiger charge is -2.34. The second kappa shape index (κ2) is 8.58. The van der Waals surface area contributed by atoms with Gasteiger partial charge in [-0.15, -0.1) is 22.7 Å². The summed E-state index contributed by atoms with van der Waals surface area (Å²) in [5.41, 5.74) is 1.26. The minimum atomic E-state index is 0.124. The highest BCUT2D eigenvalue weighted by molar-refractivity contribution is 9.11. The molecule has 3 heterocycles. The van der Waals surface area contributed by atoms with Crippen molar-refractivity contribution < 1.29 is 4.79 Å². The van der Waals surface area contributed by atoms with Crippen molar-refractivity contribution in [2.24, 2.45) is 0 Å². The lowest BCUT2D eigenvalue weighted by atomic mass is 10.3. The van der Waals surface area contributed by atoms with Gasteiger partial charge < -0.3 is 5.32 Å². The third-order valence-corrected chi connectivity index (χ3v) is 6.89. The summed E-state index contributed by atoms with van der Waals surface area (Å²) in [7, 11) is 0. The van der Waals surface area contributed by atoms with Crippen LogP contribution in [0.25, 0.3) is 0 Å². The molecule has 130 valence electrons. The van der Waals surface area contributed by atoms with E-state index < -0.39 is 0 Å². The van der Waals surface area contributed by atoms with Crippen LogP contribution in [0.1, 0.15) is 15.3 Å². The van der Waals surface area contributed by atoms with Crippen LogP contribution in [0.2, 0.25) is 0 Å². The molecular formula is C17H22BrN3OS2. The molecule has 0 saturated carbocycles. The van der Waals surface area contributed by atoms with Crippen molar-refractivity contribution in [1.82, 2.24) is 15.1 Å². The maximum atomic E-state index is 12.1. The smallest absolute Gasteiger partial charge is 0.234 e. The quantitative estimate of drug-likeness (QED) is 0.767. The molecule has 0 aliphatic carbocycles. The molecule has 1 saturated heterocycles. The second-order valence-electron chi connectivity index (χ2n) is 6.06. The molecule has 0 unspecified atom stereocenters. The average molecular weight is 428 g/mol. The summed E-state index contributed by atoms with van der Waals surface area (Å²) in [4.78, 5) is 19.5. The highest BCUT2D eigenvalue weighted by atomic mass is 79.9. The first-order valence-corrected chi connectivity index (χ1v) is 10.6. The van der Waals surface area contributed by atoms with Crippen molar-refractivity contribution in [2.75, 3.05) is 32.7 Å². The molecule has 2 aromatic heterocycles. The third kappa shape index (κ3) is 5.13. The Balaban J connectivity index is 1.37. The molecular weight excluding hydrogens is 406 g/mol. The Morgan fingerprint density at radius 1 is 1.21 bits per heavy atom. The van der Waals surface area contributed by atoms with Crippen LogP contribution in [0.4, 0.5) is 0 Å². The monoisotopic (exact) mass is 427 g/mol. The van der Waals surface area contributed by atoms with Crippen molar-refractivity contribution in [3.8, 4) is 0 Å².